The predicted octanol–water partition coefficient (Wildman–Crippen LogP) is 1.05. The fraction of sp³-hybridized carbons (Fsp3) is 0.923. The van der Waals surface area contributed by atoms with Gasteiger partial charge >= 0.3 is 6.09 Å². The quantitative estimate of drug-likeness (QED) is 0.472. The molecule has 0 aromatic carbocycles. The molecule has 6 heteroatoms. The minimum Gasteiger partial charge on any atom is -0.465 e. The molecule has 4 N–H and O–H groups in total. The van der Waals surface area contributed by atoms with E-state index >= 15 is 0 Å². The Kier molecular flexibility index (Phi) is 8.71. The zero-order valence-corrected chi connectivity index (χ0v) is 12.4. The van der Waals surface area contributed by atoms with Crippen molar-refractivity contribution in [1.29, 1.82) is 0 Å². The van der Waals surface area contributed by atoms with E-state index in [4.69, 9.17) is 9.84 Å². The molecule has 0 saturated carbocycles. The summed E-state index contributed by atoms with van der Waals surface area (Å²) in [7, 11) is 1.55. The molecule has 0 aliphatic rings. The monoisotopic (exact) mass is 276 g/mol. The molecule has 0 aromatic heterocycles. The van der Waals surface area contributed by atoms with Gasteiger partial charge in [-0.25, -0.2) is 4.79 Å². The van der Waals surface area contributed by atoms with Crippen LogP contribution < -0.4 is 10.6 Å². The van der Waals surface area contributed by atoms with Gasteiger partial charge in [0, 0.05) is 19.7 Å². The van der Waals surface area contributed by atoms with E-state index < -0.39 is 12.2 Å². The standard InChI is InChI=1S/C13H28N2O4/c1-13(2,3)11(15-12(17)18)6-5-7-14-8-10(16)9-19-4/h10-11,14-16H,5-9H2,1-4H3,(H,17,18)/t10-,11?/m0/s1. The number of rotatable bonds is 9. The molecule has 0 rings (SSSR count). The zero-order chi connectivity index (χ0) is 14.9. The van der Waals surface area contributed by atoms with E-state index in [1.165, 1.54) is 0 Å². The van der Waals surface area contributed by atoms with Crippen molar-refractivity contribution in [3.63, 3.8) is 0 Å². The second-order valence-electron chi connectivity index (χ2n) is 5.82. The first-order valence-corrected chi connectivity index (χ1v) is 6.64. The molecule has 0 fully saturated rings. The molecule has 1 unspecified atom stereocenters. The van der Waals surface area contributed by atoms with Gasteiger partial charge in [0.1, 0.15) is 0 Å². The van der Waals surface area contributed by atoms with Gasteiger partial charge in [-0.05, 0) is 24.8 Å². The molecular weight excluding hydrogens is 248 g/mol. The number of nitrogens with one attached hydrogen (secondary N) is 2. The summed E-state index contributed by atoms with van der Waals surface area (Å²) >= 11 is 0. The summed E-state index contributed by atoms with van der Waals surface area (Å²) in [5, 5.41) is 23.9. The van der Waals surface area contributed by atoms with Gasteiger partial charge in [0.25, 0.3) is 0 Å². The van der Waals surface area contributed by atoms with Crippen molar-refractivity contribution in [2.45, 2.75) is 45.8 Å². The van der Waals surface area contributed by atoms with Crippen LogP contribution in [0.3, 0.4) is 0 Å². The third-order valence-corrected chi connectivity index (χ3v) is 2.93. The van der Waals surface area contributed by atoms with Crippen molar-refractivity contribution in [3.05, 3.63) is 0 Å². The largest absolute Gasteiger partial charge is 0.465 e. The Morgan fingerprint density at radius 3 is 2.47 bits per heavy atom. The van der Waals surface area contributed by atoms with E-state index in [1.54, 1.807) is 7.11 Å². The number of hydrogen-bond acceptors (Lipinski definition) is 4. The van der Waals surface area contributed by atoms with Gasteiger partial charge in [-0.15, -0.1) is 0 Å². The summed E-state index contributed by atoms with van der Waals surface area (Å²) in [5.74, 6) is 0. The number of ether oxygens (including phenoxy) is 1. The van der Waals surface area contributed by atoms with Gasteiger partial charge < -0.3 is 25.6 Å². The lowest BCUT2D eigenvalue weighted by Crippen LogP contribution is -2.43. The van der Waals surface area contributed by atoms with Gasteiger partial charge in [-0.3, -0.25) is 0 Å². The fourth-order valence-electron chi connectivity index (χ4n) is 1.82. The lowest BCUT2D eigenvalue weighted by molar-refractivity contribution is 0.0645. The number of methoxy groups -OCH3 is 1. The molecule has 114 valence electrons. The van der Waals surface area contributed by atoms with Crippen LogP contribution in [-0.4, -0.2) is 55.3 Å². The molecule has 0 aliphatic carbocycles. The molecular formula is C13H28N2O4. The summed E-state index contributed by atoms with van der Waals surface area (Å²) in [4.78, 5) is 10.7. The van der Waals surface area contributed by atoms with Crippen molar-refractivity contribution in [2.75, 3.05) is 26.8 Å². The van der Waals surface area contributed by atoms with Crippen LogP contribution in [0.4, 0.5) is 4.79 Å². The smallest absolute Gasteiger partial charge is 0.404 e. The summed E-state index contributed by atoms with van der Waals surface area (Å²) in [5.41, 5.74) is -0.103. The molecule has 0 aliphatic heterocycles. The minimum absolute atomic E-state index is 0.0734. The maximum atomic E-state index is 10.7. The molecule has 19 heavy (non-hydrogen) atoms. The Bertz CT molecular complexity index is 254. The number of amides is 1. The second kappa shape index (κ2) is 9.12. The Morgan fingerprint density at radius 2 is 2.00 bits per heavy atom. The van der Waals surface area contributed by atoms with E-state index in [2.05, 4.69) is 10.6 Å². The van der Waals surface area contributed by atoms with Crippen LogP contribution in [0.5, 0.6) is 0 Å². The van der Waals surface area contributed by atoms with Crippen molar-refractivity contribution in [3.8, 4) is 0 Å². The van der Waals surface area contributed by atoms with Gasteiger partial charge in [0.05, 0.1) is 12.7 Å². The number of carboxylic acid groups (broad SMARTS) is 1. The SMILES string of the molecule is COC[C@@H](O)CNCCCC(NC(=O)O)C(C)(C)C. The van der Waals surface area contributed by atoms with Crippen LogP contribution in [-0.2, 0) is 4.74 Å². The highest BCUT2D eigenvalue weighted by atomic mass is 16.5. The normalized spacial score (nSPS) is 15.0. The molecule has 1 amide bonds. The highest BCUT2D eigenvalue weighted by Gasteiger charge is 2.25. The van der Waals surface area contributed by atoms with Crippen LogP contribution in [0.25, 0.3) is 0 Å². The van der Waals surface area contributed by atoms with Gasteiger partial charge in [0.2, 0.25) is 0 Å². The number of aliphatic hydroxyl groups excluding tert-OH is 1. The lowest BCUT2D eigenvalue weighted by atomic mass is 9.84. The van der Waals surface area contributed by atoms with Crippen LogP contribution in [0.2, 0.25) is 0 Å². The van der Waals surface area contributed by atoms with E-state index in [0.717, 1.165) is 19.4 Å². The molecule has 0 radical (unpaired) electrons. The zero-order valence-electron chi connectivity index (χ0n) is 12.4. The van der Waals surface area contributed by atoms with E-state index in [9.17, 15) is 9.90 Å². The number of hydrogen-bond donors (Lipinski definition) is 4. The third kappa shape index (κ3) is 9.69. The summed E-state index contributed by atoms with van der Waals surface area (Å²) in [6.07, 6.45) is 0.134. The van der Waals surface area contributed by atoms with Crippen LogP contribution >= 0.6 is 0 Å². The lowest BCUT2D eigenvalue weighted by Gasteiger charge is -2.30. The average molecular weight is 276 g/mol. The first-order chi connectivity index (χ1) is 8.77. The first kappa shape index (κ1) is 18.1. The third-order valence-electron chi connectivity index (χ3n) is 2.93. The maximum Gasteiger partial charge on any atom is 0.404 e. The van der Waals surface area contributed by atoms with E-state index in [0.29, 0.717) is 13.2 Å². The summed E-state index contributed by atoms with van der Waals surface area (Å²) < 4.78 is 4.82. The minimum atomic E-state index is -0.983. The van der Waals surface area contributed by atoms with Crippen LogP contribution in [0, 0.1) is 5.41 Å². The van der Waals surface area contributed by atoms with E-state index in [-0.39, 0.29) is 11.5 Å². The first-order valence-electron chi connectivity index (χ1n) is 6.64. The predicted molar refractivity (Wildman–Crippen MR) is 74.4 cm³/mol. The highest BCUT2D eigenvalue weighted by Crippen LogP contribution is 2.22. The Morgan fingerprint density at radius 1 is 1.37 bits per heavy atom. The van der Waals surface area contributed by atoms with Crippen molar-refractivity contribution in [1.82, 2.24) is 10.6 Å². The number of carbonyl (C=O) groups is 1. The van der Waals surface area contributed by atoms with Gasteiger partial charge in [0.15, 0.2) is 0 Å². The molecule has 0 spiro atoms. The van der Waals surface area contributed by atoms with Crippen molar-refractivity contribution in [2.24, 2.45) is 5.41 Å². The molecule has 0 heterocycles. The Balaban J connectivity index is 3.85. The Hall–Kier alpha value is -0.850. The Labute approximate surface area is 115 Å². The summed E-state index contributed by atoms with van der Waals surface area (Å²) in [6.45, 7) is 7.60. The molecule has 6 nitrogen and oxygen atoms in total. The van der Waals surface area contributed by atoms with Crippen molar-refractivity contribution >= 4 is 6.09 Å². The van der Waals surface area contributed by atoms with Gasteiger partial charge in [-0.1, -0.05) is 20.8 Å². The second-order valence-corrected chi connectivity index (χ2v) is 5.82. The average Bonchev–Trinajstić information content (AvgIpc) is 2.25. The topological polar surface area (TPSA) is 90.8 Å². The molecule has 0 aromatic rings. The number of aliphatic hydroxyl groups is 1. The highest BCUT2D eigenvalue weighted by molar-refractivity contribution is 5.64. The molecule has 0 bridgehead atoms. The fourth-order valence-corrected chi connectivity index (χ4v) is 1.82. The maximum absolute atomic E-state index is 10.7. The summed E-state index contributed by atoms with van der Waals surface area (Å²) in [6, 6.07) is -0.0734. The van der Waals surface area contributed by atoms with Crippen LogP contribution in [0.15, 0.2) is 0 Å². The molecule has 2 atom stereocenters. The van der Waals surface area contributed by atoms with E-state index in [1.807, 2.05) is 20.8 Å². The molecule has 0 saturated heterocycles. The van der Waals surface area contributed by atoms with Crippen LogP contribution in [0.1, 0.15) is 33.6 Å². The van der Waals surface area contributed by atoms with Gasteiger partial charge in [-0.2, -0.15) is 0 Å². The van der Waals surface area contributed by atoms with Crippen molar-refractivity contribution < 1.29 is 19.7 Å².